The van der Waals surface area contributed by atoms with Crippen LogP contribution in [0.2, 0.25) is 0 Å². The summed E-state index contributed by atoms with van der Waals surface area (Å²) in [6.45, 7) is 1.82. The Morgan fingerprint density at radius 1 is 1.12 bits per heavy atom. The molecule has 1 aromatic heterocycles. The van der Waals surface area contributed by atoms with Crippen molar-refractivity contribution >= 4 is 5.91 Å². The molecule has 0 bridgehead atoms. The molecule has 0 radical (unpaired) electrons. The van der Waals surface area contributed by atoms with Gasteiger partial charge in [0.25, 0.3) is 0 Å². The van der Waals surface area contributed by atoms with Gasteiger partial charge < -0.3 is 5.32 Å². The van der Waals surface area contributed by atoms with Crippen molar-refractivity contribution < 1.29 is 4.79 Å². The van der Waals surface area contributed by atoms with Crippen LogP contribution in [0.4, 0.5) is 0 Å². The van der Waals surface area contributed by atoms with Gasteiger partial charge in [0.2, 0.25) is 5.91 Å². The largest absolute Gasteiger partial charge is 0.351 e. The Balaban J connectivity index is 1.37. The van der Waals surface area contributed by atoms with E-state index in [1.165, 1.54) is 17.5 Å². The zero-order valence-corrected chi connectivity index (χ0v) is 14.5. The minimum absolute atomic E-state index is 0.000983. The molecule has 1 saturated carbocycles. The highest BCUT2D eigenvalue weighted by Gasteiger charge is 2.41. The van der Waals surface area contributed by atoms with Gasteiger partial charge in [0, 0.05) is 30.9 Å². The van der Waals surface area contributed by atoms with E-state index in [4.69, 9.17) is 0 Å². The molecule has 1 saturated heterocycles. The first kappa shape index (κ1) is 16.3. The number of nitrogens with one attached hydrogen (secondary N) is 1. The molecule has 2 heterocycles. The molecule has 0 spiro atoms. The summed E-state index contributed by atoms with van der Waals surface area (Å²) in [6, 6.07) is 14.9. The number of rotatable bonds is 5. The summed E-state index contributed by atoms with van der Waals surface area (Å²) in [5.74, 6) is 0.694. The second kappa shape index (κ2) is 7.36. The van der Waals surface area contributed by atoms with Gasteiger partial charge in [-0.1, -0.05) is 36.8 Å². The summed E-state index contributed by atoms with van der Waals surface area (Å²) in [6.07, 6.45) is 7.97. The third-order valence-corrected chi connectivity index (χ3v) is 5.40. The van der Waals surface area contributed by atoms with Gasteiger partial charge in [-0.3, -0.25) is 14.7 Å². The van der Waals surface area contributed by atoms with Gasteiger partial charge in [-0.2, -0.15) is 0 Å². The molecular weight excluding hydrogens is 310 g/mol. The molecule has 25 heavy (non-hydrogen) atoms. The van der Waals surface area contributed by atoms with Crippen LogP contribution in [0.15, 0.2) is 54.9 Å². The van der Waals surface area contributed by atoms with Crippen LogP contribution in [0.25, 0.3) is 0 Å². The highest BCUT2D eigenvalue weighted by molar-refractivity contribution is 5.82. The molecule has 4 rings (SSSR count). The maximum absolute atomic E-state index is 12.9. The zero-order valence-electron chi connectivity index (χ0n) is 14.5. The summed E-state index contributed by atoms with van der Waals surface area (Å²) < 4.78 is 0. The minimum Gasteiger partial charge on any atom is -0.351 e. The topological polar surface area (TPSA) is 45.2 Å². The highest BCUT2D eigenvalue weighted by Crippen LogP contribution is 2.40. The Bertz CT molecular complexity index is 704. The molecule has 2 fully saturated rings. The van der Waals surface area contributed by atoms with Crippen molar-refractivity contribution in [2.24, 2.45) is 0 Å². The summed E-state index contributed by atoms with van der Waals surface area (Å²) in [7, 11) is 0. The first-order chi connectivity index (χ1) is 12.3. The fourth-order valence-corrected chi connectivity index (χ4v) is 3.90. The Morgan fingerprint density at radius 2 is 1.92 bits per heavy atom. The molecule has 1 amide bonds. The maximum Gasteiger partial charge on any atom is 0.237 e. The average Bonchev–Trinajstić information content (AvgIpc) is 3.43. The molecule has 1 aromatic carbocycles. The van der Waals surface area contributed by atoms with Crippen molar-refractivity contribution in [1.29, 1.82) is 0 Å². The predicted octanol–water partition coefficient (Wildman–Crippen LogP) is 3.11. The summed E-state index contributed by atoms with van der Waals surface area (Å²) >= 11 is 0. The third kappa shape index (κ3) is 3.90. The SMILES string of the molecule is O=C(N[C@@H]1C[C@@H]1c1ccccc1)[C@@H]1CCCCN1Cc1ccncc1. The molecule has 3 atom stereocenters. The smallest absolute Gasteiger partial charge is 0.237 e. The summed E-state index contributed by atoms with van der Waals surface area (Å²) in [4.78, 5) is 19.3. The van der Waals surface area contributed by atoms with E-state index in [1.807, 2.05) is 30.6 Å². The number of likely N-dealkylation sites (tertiary alicyclic amines) is 1. The lowest BCUT2D eigenvalue weighted by Gasteiger charge is -2.34. The van der Waals surface area contributed by atoms with E-state index in [1.54, 1.807) is 0 Å². The highest BCUT2D eigenvalue weighted by atomic mass is 16.2. The van der Waals surface area contributed by atoms with Crippen molar-refractivity contribution in [3.63, 3.8) is 0 Å². The molecular formula is C21H25N3O. The Hall–Kier alpha value is -2.20. The fraction of sp³-hybridized carbons (Fsp3) is 0.429. The van der Waals surface area contributed by atoms with Crippen LogP contribution in [0, 0.1) is 0 Å². The number of aromatic nitrogens is 1. The number of nitrogens with zero attached hydrogens (tertiary/aromatic N) is 2. The summed E-state index contributed by atoms with van der Waals surface area (Å²) in [5, 5.41) is 3.29. The van der Waals surface area contributed by atoms with Crippen LogP contribution in [0.3, 0.4) is 0 Å². The number of carbonyl (C=O) groups excluding carboxylic acids is 1. The first-order valence-corrected chi connectivity index (χ1v) is 9.29. The number of hydrogen-bond acceptors (Lipinski definition) is 3. The van der Waals surface area contributed by atoms with Gasteiger partial charge in [-0.25, -0.2) is 0 Å². The van der Waals surface area contributed by atoms with Gasteiger partial charge in [0.05, 0.1) is 6.04 Å². The lowest BCUT2D eigenvalue weighted by Crippen LogP contribution is -2.49. The van der Waals surface area contributed by atoms with Crippen LogP contribution in [-0.2, 0) is 11.3 Å². The number of amides is 1. The lowest BCUT2D eigenvalue weighted by atomic mass is 10.0. The predicted molar refractivity (Wildman–Crippen MR) is 98.0 cm³/mol. The number of hydrogen-bond donors (Lipinski definition) is 1. The van der Waals surface area contributed by atoms with E-state index in [0.29, 0.717) is 12.0 Å². The van der Waals surface area contributed by atoms with Crippen LogP contribution in [-0.4, -0.2) is 34.4 Å². The fourth-order valence-electron chi connectivity index (χ4n) is 3.90. The van der Waals surface area contributed by atoms with Gasteiger partial charge in [0.15, 0.2) is 0 Å². The van der Waals surface area contributed by atoms with E-state index in [0.717, 1.165) is 32.4 Å². The van der Waals surface area contributed by atoms with Crippen LogP contribution < -0.4 is 5.32 Å². The summed E-state index contributed by atoms with van der Waals surface area (Å²) in [5.41, 5.74) is 2.56. The van der Waals surface area contributed by atoms with Gasteiger partial charge in [-0.05, 0) is 49.1 Å². The van der Waals surface area contributed by atoms with Crippen molar-refractivity contribution in [1.82, 2.24) is 15.2 Å². The monoisotopic (exact) mass is 335 g/mol. The van der Waals surface area contributed by atoms with Crippen LogP contribution in [0.1, 0.15) is 42.7 Å². The normalized spacial score (nSPS) is 26.2. The van der Waals surface area contributed by atoms with Crippen molar-refractivity contribution in [3.8, 4) is 0 Å². The van der Waals surface area contributed by atoms with Crippen molar-refractivity contribution in [2.45, 2.75) is 50.2 Å². The number of pyridine rings is 1. The molecule has 0 unspecified atom stereocenters. The van der Waals surface area contributed by atoms with Gasteiger partial charge in [-0.15, -0.1) is 0 Å². The molecule has 4 heteroatoms. The van der Waals surface area contributed by atoms with E-state index in [2.05, 4.69) is 39.5 Å². The molecule has 1 aliphatic carbocycles. The van der Waals surface area contributed by atoms with E-state index >= 15 is 0 Å². The quantitative estimate of drug-likeness (QED) is 0.913. The molecule has 1 aliphatic heterocycles. The number of carbonyl (C=O) groups is 1. The van der Waals surface area contributed by atoms with E-state index in [-0.39, 0.29) is 11.9 Å². The standard InChI is InChI=1S/C21H25N3O/c25-21(23-19-14-18(19)17-6-2-1-3-7-17)20-8-4-5-13-24(20)15-16-9-11-22-12-10-16/h1-3,6-7,9-12,18-20H,4-5,8,13-15H2,(H,23,25)/t18-,19-,20+/m1/s1. The molecule has 4 nitrogen and oxygen atoms in total. The molecule has 2 aromatic rings. The Kier molecular flexibility index (Phi) is 4.79. The maximum atomic E-state index is 12.9. The Morgan fingerprint density at radius 3 is 2.72 bits per heavy atom. The molecule has 2 aliphatic rings. The van der Waals surface area contributed by atoms with Crippen LogP contribution >= 0.6 is 0 Å². The van der Waals surface area contributed by atoms with Gasteiger partial charge in [0.1, 0.15) is 0 Å². The molecule has 1 N–H and O–H groups in total. The minimum atomic E-state index is -0.000983. The average molecular weight is 335 g/mol. The van der Waals surface area contributed by atoms with Gasteiger partial charge >= 0.3 is 0 Å². The second-order valence-electron chi connectivity index (χ2n) is 7.21. The Labute approximate surface area is 149 Å². The number of benzene rings is 1. The van der Waals surface area contributed by atoms with Crippen molar-refractivity contribution in [2.75, 3.05) is 6.54 Å². The lowest BCUT2D eigenvalue weighted by molar-refractivity contribution is -0.128. The van der Waals surface area contributed by atoms with E-state index in [9.17, 15) is 4.79 Å². The number of piperidine rings is 1. The third-order valence-electron chi connectivity index (χ3n) is 5.40. The van der Waals surface area contributed by atoms with Crippen molar-refractivity contribution in [3.05, 3.63) is 66.0 Å². The van der Waals surface area contributed by atoms with Crippen LogP contribution in [0.5, 0.6) is 0 Å². The zero-order chi connectivity index (χ0) is 17.1. The second-order valence-corrected chi connectivity index (χ2v) is 7.21. The molecule has 130 valence electrons. The van der Waals surface area contributed by atoms with E-state index < -0.39 is 0 Å². The first-order valence-electron chi connectivity index (χ1n) is 9.29.